The molecule has 5 nitrogen and oxygen atoms in total. The first-order chi connectivity index (χ1) is 9.35. The molecule has 1 aromatic heterocycles. The molecule has 3 rings (SSSR count). The molecular weight excluding hydrogens is 238 g/mol. The summed E-state index contributed by atoms with van der Waals surface area (Å²) in [6.07, 6.45) is 6.04. The summed E-state index contributed by atoms with van der Waals surface area (Å²) in [5.74, 6) is 2.85. The van der Waals surface area contributed by atoms with E-state index in [9.17, 15) is 0 Å². The Morgan fingerprint density at radius 1 is 1.37 bits per heavy atom. The summed E-state index contributed by atoms with van der Waals surface area (Å²) in [7, 11) is 2.01. The minimum atomic E-state index is 0.607. The van der Waals surface area contributed by atoms with Gasteiger partial charge in [0.2, 0.25) is 0 Å². The quantitative estimate of drug-likeness (QED) is 0.792. The first kappa shape index (κ1) is 12.8. The summed E-state index contributed by atoms with van der Waals surface area (Å²) in [5.41, 5.74) is 0. The number of rotatable bonds is 6. The smallest absolute Gasteiger partial charge is 0.144 e. The molecule has 0 atom stereocenters. The Balaban J connectivity index is 1.48. The van der Waals surface area contributed by atoms with Crippen LogP contribution in [0.1, 0.15) is 25.1 Å². The lowest BCUT2D eigenvalue weighted by Crippen LogP contribution is -2.57. The van der Waals surface area contributed by atoms with Crippen LogP contribution in [0.25, 0.3) is 0 Å². The lowest BCUT2D eigenvalue weighted by molar-refractivity contribution is 0.300. The molecule has 1 aromatic rings. The zero-order valence-electron chi connectivity index (χ0n) is 11.6. The van der Waals surface area contributed by atoms with Gasteiger partial charge in [-0.1, -0.05) is 6.42 Å². The average molecular weight is 261 g/mol. The Labute approximate surface area is 114 Å². The van der Waals surface area contributed by atoms with Crippen molar-refractivity contribution >= 4 is 5.82 Å². The van der Waals surface area contributed by atoms with E-state index >= 15 is 0 Å². The molecule has 19 heavy (non-hydrogen) atoms. The van der Waals surface area contributed by atoms with Crippen molar-refractivity contribution in [2.24, 2.45) is 5.92 Å². The van der Waals surface area contributed by atoms with Gasteiger partial charge < -0.3 is 15.5 Å². The predicted octanol–water partition coefficient (Wildman–Crippen LogP) is 0.774. The van der Waals surface area contributed by atoms with Crippen LogP contribution in [0.4, 0.5) is 5.82 Å². The van der Waals surface area contributed by atoms with Crippen LogP contribution in [0.15, 0.2) is 12.3 Å². The molecular formula is C14H23N5. The number of nitrogens with one attached hydrogen (secondary N) is 2. The van der Waals surface area contributed by atoms with Gasteiger partial charge in [0, 0.05) is 25.3 Å². The maximum atomic E-state index is 4.63. The van der Waals surface area contributed by atoms with Gasteiger partial charge in [-0.3, -0.25) is 0 Å². The summed E-state index contributed by atoms with van der Waals surface area (Å²) in [6.45, 7) is 3.98. The van der Waals surface area contributed by atoms with Crippen LogP contribution in [-0.2, 0) is 6.54 Å². The zero-order chi connectivity index (χ0) is 13.1. The van der Waals surface area contributed by atoms with Gasteiger partial charge in [0.1, 0.15) is 11.6 Å². The number of anilines is 1. The molecule has 0 spiro atoms. The van der Waals surface area contributed by atoms with Crippen molar-refractivity contribution in [2.45, 2.75) is 31.8 Å². The molecule has 2 N–H and O–H groups in total. The molecule has 1 aliphatic carbocycles. The summed E-state index contributed by atoms with van der Waals surface area (Å²) in [6, 6.07) is 2.61. The second-order valence-electron chi connectivity index (χ2n) is 5.65. The normalized spacial score (nSPS) is 20.2. The molecule has 0 aromatic carbocycles. The molecule has 104 valence electrons. The number of likely N-dealkylation sites (N-methyl/N-ethyl adjacent to an activating group) is 1. The van der Waals surface area contributed by atoms with Crippen LogP contribution in [0.3, 0.4) is 0 Å². The van der Waals surface area contributed by atoms with Gasteiger partial charge in [0.15, 0.2) is 0 Å². The van der Waals surface area contributed by atoms with Gasteiger partial charge in [0.05, 0.1) is 6.54 Å². The lowest BCUT2D eigenvalue weighted by atomic mass is 9.85. The number of aromatic nitrogens is 2. The van der Waals surface area contributed by atoms with Crippen LogP contribution in [0.5, 0.6) is 0 Å². The molecule has 2 fully saturated rings. The Bertz CT molecular complexity index is 412. The number of nitrogens with zero attached hydrogens (tertiary/aromatic N) is 3. The van der Waals surface area contributed by atoms with Crippen molar-refractivity contribution in [3.63, 3.8) is 0 Å². The Morgan fingerprint density at radius 3 is 2.89 bits per heavy atom. The fourth-order valence-electron chi connectivity index (χ4n) is 2.58. The molecule has 2 heterocycles. The van der Waals surface area contributed by atoms with Crippen molar-refractivity contribution in [1.29, 1.82) is 0 Å². The average Bonchev–Trinajstić information content (AvgIpc) is 2.32. The fourth-order valence-corrected chi connectivity index (χ4v) is 2.58. The Kier molecular flexibility index (Phi) is 3.94. The van der Waals surface area contributed by atoms with Gasteiger partial charge in [-0.25, -0.2) is 9.97 Å². The van der Waals surface area contributed by atoms with E-state index in [0.29, 0.717) is 6.04 Å². The monoisotopic (exact) mass is 261 g/mol. The minimum Gasteiger partial charge on any atom is -0.353 e. The molecule has 1 aliphatic heterocycles. The van der Waals surface area contributed by atoms with Crippen LogP contribution < -0.4 is 15.5 Å². The predicted molar refractivity (Wildman–Crippen MR) is 76.1 cm³/mol. The van der Waals surface area contributed by atoms with Crippen LogP contribution in [-0.4, -0.2) is 42.7 Å². The first-order valence-electron chi connectivity index (χ1n) is 7.30. The standard InChI is InChI=1S/C14H23N5/c1-15-12-9-19(10-12)14-5-6-17-13(18-14)8-16-7-11-3-2-4-11/h5-6,11-12,15-16H,2-4,7-10H2,1H3. The SMILES string of the molecule is CNC1CN(c2ccnc(CNCC3CCC3)n2)C1. The third-order valence-electron chi connectivity index (χ3n) is 4.25. The topological polar surface area (TPSA) is 53.1 Å². The zero-order valence-corrected chi connectivity index (χ0v) is 11.6. The summed E-state index contributed by atoms with van der Waals surface area (Å²) in [4.78, 5) is 11.3. The van der Waals surface area contributed by atoms with E-state index in [1.165, 1.54) is 19.3 Å². The molecule has 1 saturated heterocycles. The number of hydrogen-bond acceptors (Lipinski definition) is 5. The van der Waals surface area contributed by atoms with Gasteiger partial charge in [-0.15, -0.1) is 0 Å². The fraction of sp³-hybridized carbons (Fsp3) is 0.714. The molecule has 5 heteroatoms. The molecule has 0 bridgehead atoms. The third-order valence-corrected chi connectivity index (χ3v) is 4.25. The van der Waals surface area contributed by atoms with E-state index in [1.54, 1.807) is 0 Å². The van der Waals surface area contributed by atoms with Gasteiger partial charge in [-0.05, 0) is 38.4 Å². The molecule has 2 aliphatic rings. The first-order valence-corrected chi connectivity index (χ1v) is 7.30. The van der Waals surface area contributed by atoms with Gasteiger partial charge >= 0.3 is 0 Å². The Hall–Kier alpha value is -1.20. The van der Waals surface area contributed by atoms with Gasteiger partial charge in [0.25, 0.3) is 0 Å². The van der Waals surface area contributed by atoms with Gasteiger partial charge in [-0.2, -0.15) is 0 Å². The maximum absolute atomic E-state index is 4.63. The van der Waals surface area contributed by atoms with Crippen molar-refractivity contribution in [3.8, 4) is 0 Å². The molecule has 0 amide bonds. The van der Waals surface area contributed by atoms with E-state index in [4.69, 9.17) is 0 Å². The largest absolute Gasteiger partial charge is 0.353 e. The van der Waals surface area contributed by atoms with Crippen LogP contribution in [0, 0.1) is 5.92 Å². The summed E-state index contributed by atoms with van der Waals surface area (Å²) < 4.78 is 0. The van der Waals surface area contributed by atoms with E-state index in [1.807, 2.05) is 19.3 Å². The highest BCUT2D eigenvalue weighted by Gasteiger charge is 2.26. The second kappa shape index (κ2) is 5.84. The van der Waals surface area contributed by atoms with Crippen molar-refractivity contribution < 1.29 is 0 Å². The minimum absolute atomic E-state index is 0.607. The summed E-state index contributed by atoms with van der Waals surface area (Å²) >= 11 is 0. The van der Waals surface area contributed by atoms with Crippen molar-refractivity contribution in [3.05, 3.63) is 18.1 Å². The molecule has 0 unspecified atom stereocenters. The van der Waals surface area contributed by atoms with Crippen molar-refractivity contribution in [1.82, 2.24) is 20.6 Å². The second-order valence-corrected chi connectivity index (χ2v) is 5.65. The molecule has 0 radical (unpaired) electrons. The Morgan fingerprint density at radius 2 is 2.21 bits per heavy atom. The van der Waals surface area contributed by atoms with E-state index in [-0.39, 0.29) is 0 Å². The van der Waals surface area contributed by atoms with Crippen LogP contribution in [0.2, 0.25) is 0 Å². The lowest BCUT2D eigenvalue weighted by Gasteiger charge is -2.39. The number of hydrogen-bond donors (Lipinski definition) is 2. The summed E-state index contributed by atoms with van der Waals surface area (Å²) in [5, 5.41) is 6.75. The van der Waals surface area contributed by atoms with E-state index in [0.717, 1.165) is 43.7 Å². The maximum Gasteiger partial charge on any atom is 0.144 e. The van der Waals surface area contributed by atoms with E-state index < -0.39 is 0 Å². The third kappa shape index (κ3) is 3.04. The highest BCUT2D eigenvalue weighted by molar-refractivity contribution is 5.41. The van der Waals surface area contributed by atoms with Crippen LogP contribution >= 0.6 is 0 Å². The highest BCUT2D eigenvalue weighted by Crippen LogP contribution is 2.25. The highest BCUT2D eigenvalue weighted by atomic mass is 15.3. The molecule has 1 saturated carbocycles. The van der Waals surface area contributed by atoms with Crippen molar-refractivity contribution in [2.75, 3.05) is 31.6 Å². The van der Waals surface area contributed by atoms with E-state index in [2.05, 4.69) is 25.5 Å².